The van der Waals surface area contributed by atoms with Gasteiger partial charge in [-0.25, -0.2) is 8.78 Å². The molecule has 1 aromatic rings. The first-order chi connectivity index (χ1) is 7.34. The molecule has 0 radical (unpaired) electrons. The Morgan fingerprint density at radius 3 is 1.94 bits per heavy atom. The van der Waals surface area contributed by atoms with Crippen molar-refractivity contribution in [2.75, 3.05) is 6.54 Å². The van der Waals surface area contributed by atoms with Crippen LogP contribution in [0.15, 0.2) is 12.1 Å². The highest BCUT2D eigenvalue weighted by Crippen LogP contribution is 2.63. The highest BCUT2D eigenvalue weighted by Gasteiger charge is 2.72. The Kier molecular flexibility index (Phi) is 2.86. The van der Waals surface area contributed by atoms with Crippen molar-refractivity contribution in [2.45, 2.75) is 17.8 Å². The monoisotopic (exact) mass is 285 g/mol. The van der Waals surface area contributed by atoms with E-state index in [-0.39, 0.29) is 28.6 Å². The fourth-order valence-electron chi connectivity index (χ4n) is 1.93. The predicted molar refractivity (Wildman–Crippen MR) is 61.8 cm³/mol. The summed E-state index contributed by atoms with van der Waals surface area (Å²) in [5.41, 5.74) is 4.20. The molecule has 2 rings (SSSR count). The zero-order valence-electron chi connectivity index (χ0n) is 8.04. The van der Waals surface area contributed by atoms with Gasteiger partial charge in [0.05, 0.1) is 5.41 Å². The fraction of sp³-hybridized carbons (Fsp3) is 0.400. The Balaban J connectivity index is 2.58. The number of nitrogens with two attached hydrogens (primary N) is 1. The first kappa shape index (κ1) is 12.4. The van der Waals surface area contributed by atoms with Crippen molar-refractivity contribution in [1.29, 1.82) is 0 Å². The molecule has 0 amide bonds. The summed E-state index contributed by atoms with van der Waals surface area (Å²) in [7, 11) is 0. The Labute approximate surface area is 106 Å². The van der Waals surface area contributed by atoms with E-state index in [0.717, 1.165) is 0 Å². The van der Waals surface area contributed by atoms with E-state index in [1.165, 1.54) is 12.1 Å². The lowest BCUT2D eigenvalue weighted by Gasteiger charge is -2.18. The molecule has 1 nitrogen and oxygen atoms in total. The molecule has 0 saturated heterocycles. The van der Waals surface area contributed by atoms with Gasteiger partial charge in [-0.3, -0.25) is 0 Å². The first-order valence-corrected chi connectivity index (χ1v) is 5.70. The molecule has 1 fully saturated rings. The number of alkyl halides is 2. The molecule has 1 aliphatic rings. The molecule has 1 unspecified atom stereocenters. The second-order valence-electron chi connectivity index (χ2n) is 3.91. The van der Waals surface area contributed by atoms with Crippen LogP contribution in [0.1, 0.15) is 12.0 Å². The van der Waals surface area contributed by atoms with Crippen molar-refractivity contribution in [1.82, 2.24) is 0 Å². The smallest absolute Gasteiger partial charge is 0.260 e. The summed E-state index contributed by atoms with van der Waals surface area (Å²) in [6, 6.07) is 2.80. The van der Waals surface area contributed by atoms with Crippen LogP contribution in [0.3, 0.4) is 0 Å². The summed E-state index contributed by atoms with van der Waals surface area (Å²) in [6.45, 7) is -0.193. The SMILES string of the molecule is NCC1(c2c(Cl)cc(Cl)cc2Cl)CC1(F)F. The van der Waals surface area contributed by atoms with E-state index in [2.05, 4.69) is 0 Å². The highest BCUT2D eigenvalue weighted by molar-refractivity contribution is 6.39. The summed E-state index contributed by atoms with van der Waals surface area (Å²) in [5.74, 6) is -2.84. The van der Waals surface area contributed by atoms with E-state index in [0.29, 0.717) is 5.02 Å². The van der Waals surface area contributed by atoms with Crippen molar-refractivity contribution < 1.29 is 8.78 Å². The molecule has 1 saturated carbocycles. The van der Waals surface area contributed by atoms with Crippen molar-refractivity contribution in [3.8, 4) is 0 Å². The number of hydrogen-bond donors (Lipinski definition) is 1. The third-order valence-corrected chi connectivity index (χ3v) is 3.75. The van der Waals surface area contributed by atoms with E-state index < -0.39 is 11.3 Å². The van der Waals surface area contributed by atoms with E-state index in [1.54, 1.807) is 0 Å². The molecule has 0 heterocycles. The Morgan fingerprint density at radius 2 is 1.62 bits per heavy atom. The molecule has 0 bridgehead atoms. The third kappa shape index (κ3) is 1.61. The number of hydrogen-bond acceptors (Lipinski definition) is 1. The molecule has 16 heavy (non-hydrogen) atoms. The van der Waals surface area contributed by atoms with E-state index in [1.807, 2.05) is 0 Å². The lowest BCUT2D eigenvalue weighted by atomic mass is 9.95. The maximum absolute atomic E-state index is 13.4. The summed E-state index contributed by atoms with van der Waals surface area (Å²) < 4.78 is 26.7. The van der Waals surface area contributed by atoms with E-state index >= 15 is 0 Å². The lowest BCUT2D eigenvalue weighted by Crippen LogP contribution is -2.27. The zero-order chi connectivity index (χ0) is 12.1. The summed E-state index contributed by atoms with van der Waals surface area (Å²) in [4.78, 5) is 0. The highest BCUT2D eigenvalue weighted by atomic mass is 35.5. The lowest BCUT2D eigenvalue weighted by molar-refractivity contribution is 0.0896. The zero-order valence-corrected chi connectivity index (χ0v) is 10.3. The van der Waals surface area contributed by atoms with Gasteiger partial charge in [-0.05, 0) is 12.1 Å². The van der Waals surface area contributed by atoms with Crippen LogP contribution in [0.5, 0.6) is 0 Å². The molecule has 1 atom stereocenters. The van der Waals surface area contributed by atoms with Crippen LogP contribution >= 0.6 is 34.8 Å². The van der Waals surface area contributed by atoms with Crippen LogP contribution in [-0.2, 0) is 5.41 Å². The Bertz CT molecular complexity index is 427. The van der Waals surface area contributed by atoms with Gasteiger partial charge < -0.3 is 5.73 Å². The van der Waals surface area contributed by atoms with Crippen LogP contribution in [0.2, 0.25) is 15.1 Å². The topological polar surface area (TPSA) is 26.0 Å². The summed E-state index contributed by atoms with van der Waals surface area (Å²) >= 11 is 17.5. The van der Waals surface area contributed by atoms with Gasteiger partial charge in [0, 0.05) is 33.6 Å². The first-order valence-electron chi connectivity index (χ1n) is 4.57. The van der Waals surface area contributed by atoms with Gasteiger partial charge in [0.1, 0.15) is 0 Å². The molecular weight excluding hydrogens is 278 g/mol. The van der Waals surface area contributed by atoms with Gasteiger partial charge in [0.25, 0.3) is 5.92 Å². The van der Waals surface area contributed by atoms with Crippen molar-refractivity contribution in [2.24, 2.45) is 5.73 Å². The normalized spacial score (nSPS) is 26.9. The van der Waals surface area contributed by atoms with Gasteiger partial charge in [-0.15, -0.1) is 0 Å². The molecule has 88 valence electrons. The van der Waals surface area contributed by atoms with Crippen LogP contribution in [0.25, 0.3) is 0 Å². The second-order valence-corrected chi connectivity index (χ2v) is 5.16. The predicted octanol–water partition coefficient (Wildman–Crippen LogP) is 3.88. The van der Waals surface area contributed by atoms with Gasteiger partial charge in [0.15, 0.2) is 0 Å². The molecule has 6 heteroatoms. The second kappa shape index (κ2) is 3.70. The molecule has 0 aromatic heterocycles. The van der Waals surface area contributed by atoms with E-state index in [9.17, 15) is 8.78 Å². The minimum Gasteiger partial charge on any atom is -0.329 e. The van der Waals surface area contributed by atoms with Crippen molar-refractivity contribution in [3.63, 3.8) is 0 Å². The molecule has 1 aliphatic carbocycles. The van der Waals surface area contributed by atoms with Gasteiger partial charge in [-0.2, -0.15) is 0 Å². The molecule has 0 aliphatic heterocycles. The third-order valence-electron chi connectivity index (χ3n) is 2.93. The standard InChI is InChI=1S/C10H8Cl3F2N/c11-5-1-6(12)8(7(13)2-5)9(4-16)3-10(9,14)15/h1-2H,3-4,16H2. The molecule has 1 aromatic carbocycles. The average Bonchev–Trinajstić information content (AvgIpc) is 2.67. The van der Waals surface area contributed by atoms with E-state index in [4.69, 9.17) is 40.5 Å². The molecular formula is C10H8Cl3F2N. The Hall–Kier alpha value is -0.0900. The van der Waals surface area contributed by atoms with Crippen LogP contribution in [0, 0.1) is 0 Å². The Morgan fingerprint density at radius 1 is 1.19 bits per heavy atom. The fourth-order valence-corrected chi connectivity index (χ4v) is 3.11. The van der Waals surface area contributed by atoms with Crippen molar-refractivity contribution >= 4 is 34.8 Å². The average molecular weight is 287 g/mol. The number of benzene rings is 1. The molecule has 0 spiro atoms. The molecule has 2 N–H and O–H groups in total. The minimum atomic E-state index is -2.84. The van der Waals surface area contributed by atoms with Gasteiger partial charge >= 0.3 is 0 Å². The summed E-state index contributed by atoms with van der Waals surface area (Å²) in [5, 5.41) is 0.593. The van der Waals surface area contributed by atoms with Gasteiger partial charge in [-0.1, -0.05) is 34.8 Å². The number of rotatable bonds is 2. The van der Waals surface area contributed by atoms with Crippen LogP contribution < -0.4 is 5.73 Å². The quantitative estimate of drug-likeness (QED) is 0.877. The van der Waals surface area contributed by atoms with Crippen molar-refractivity contribution in [3.05, 3.63) is 32.8 Å². The van der Waals surface area contributed by atoms with Gasteiger partial charge in [0.2, 0.25) is 0 Å². The minimum absolute atomic E-state index is 0.139. The van der Waals surface area contributed by atoms with Crippen LogP contribution in [0.4, 0.5) is 8.78 Å². The maximum Gasteiger partial charge on any atom is 0.260 e. The number of halogens is 5. The summed E-state index contributed by atoms with van der Waals surface area (Å²) in [6.07, 6.45) is -0.322. The van der Waals surface area contributed by atoms with Crippen LogP contribution in [-0.4, -0.2) is 12.5 Å². The largest absolute Gasteiger partial charge is 0.329 e. The maximum atomic E-state index is 13.4.